The van der Waals surface area contributed by atoms with Crippen LogP contribution >= 0.6 is 0 Å². The first-order valence-electron chi connectivity index (χ1n) is 10.8. The number of benzene rings is 1. The van der Waals surface area contributed by atoms with E-state index in [-0.39, 0.29) is 5.91 Å². The van der Waals surface area contributed by atoms with E-state index in [1.807, 2.05) is 41.3 Å². The van der Waals surface area contributed by atoms with Crippen molar-refractivity contribution in [2.45, 2.75) is 57.5 Å². The van der Waals surface area contributed by atoms with Gasteiger partial charge in [0.25, 0.3) is 0 Å². The van der Waals surface area contributed by atoms with Gasteiger partial charge < -0.3 is 20.7 Å². The number of fused-ring (bicyclic) bond motifs is 1. The van der Waals surface area contributed by atoms with Crippen molar-refractivity contribution in [1.29, 1.82) is 0 Å². The van der Waals surface area contributed by atoms with Gasteiger partial charge in [0.2, 0.25) is 11.8 Å². The van der Waals surface area contributed by atoms with Crippen molar-refractivity contribution >= 4 is 17.6 Å². The first-order chi connectivity index (χ1) is 14.7. The van der Waals surface area contributed by atoms with E-state index in [9.17, 15) is 4.79 Å². The molecular formula is C23H29N5O2. The molecule has 1 amide bonds. The number of amides is 1. The van der Waals surface area contributed by atoms with Gasteiger partial charge in [-0.25, -0.2) is 9.98 Å². The van der Waals surface area contributed by atoms with Crippen molar-refractivity contribution in [3.8, 4) is 11.6 Å². The molecule has 7 heteroatoms. The number of para-hydroxylation sites is 1. The first kappa shape index (κ1) is 20.2. The molecule has 1 aromatic heterocycles. The quantitative estimate of drug-likeness (QED) is 0.727. The highest BCUT2D eigenvalue weighted by atomic mass is 16.5. The number of carbonyl (C=O) groups excluding carboxylic acids is 1. The van der Waals surface area contributed by atoms with E-state index >= 15 is 0 Å². The van der Waals surface area contributed by atoms with Crippen LogP contribution in [0.2, 0.25) is 0 Å². The molecule has 2 aliphatic rings. The van der Waals surface area contributed by atoms with Crippen LogP contribution in [0, 0.1) is 0 Å². The van der Waals surface area contributed by atoms with Gasteiger partial charge in [-0.2, -0.15) is 0 Å². The zero-order valence-corrected chi connectivity index (χ0v) is 17.2. The van der Waals surface area contributed by atoms with Gasteiger partial charge in [-0.3, -0.25) is 4.79 Å². The van der Waals surface area contributed by atoms with Gasteiger partial charge in [0.05, 0.1) is 11.9 Å². The van der Waals surface area contributed by atoms with Crippen molar-refractivity contribution in [3.05, 3.63) is 48.2 Å². The topological polar surface area (TPSA) is 92.8 Å². The van der Waals surface area contributed by atoms with Gasteiger partial charge in [-0.15, -0.1) is 0 Å². The molecule has 0 atom stereocenters. The third-order valence-electron chi connectivity index (χ3n) is 5.63. The highest BCUT2D eigenvalue weighted by Gasteiger charge is 2.20. The molecule has 0 saturated heterocycles. The Bertz CT molecular complexity index is 894. The summed E-state index contributed by atoms with van der Waals surface area (Å²) in [6.07, 6.45) is 8.87. The zero-order chi connectivity index (χ0) is 20.8. The van der Waals surface area contributed by atoms with E-state index in [2.05, 4.69) is 15.3 Å². The first-order valence-corrected chi connectivity index (χ1v) is 10.8. The van der Waals surface area contributed by atoms with E-state index in [0.29, 0.717) is 37.4 Å². The number of nitrogens with one attached hydrogen (secondary N) is 1. The molecule has 1 aliphatic carbocycles. The zero-order valence-electron chi connectivity index (χ0n) is 17.2. The smallest absolute Gasteiger partial charge is 0.220 e. The molecule has 1 fully saturated rings. The van der Waals surface area contributed by atoms with Gasteiger partial charge in [-0.1, -0.05) is 37.5 Å². The van der Waals surface area contributed by atoms with Crippen molar-refractivity contribution < 1.29 is 9.53 Å². The van der Waals surface area contributed by atoms with E-state index in [1.165, 1.54) is 19.3 Å². The monoisotopic (exact) mass is 407 g/mol. The second-order valence-corrected chi connectivity index (χ2v) is 7.96. The summed E-state index contributed by atoms with van der Waals surface area (Å²) in [6, 6.07) is 11.8. The van der Waals surface area contributed by atoms with Crippen LogP contribution in [0.3, 0.4) is 0 Å². The summed E-state index contributed by atoms with van der Waals surface area (Å²) in [7, 11) is 0. The van der Waals surface area contributed by atoms with Crippen LogP contribution in [-0.2, 0) is 11.3 Å². The number of aliphatic imine (C=N–C) groups is 1. The Morgan fingerprint density at radius 1 is 1.20 bits per heavy atom. The van der Waals surface area contributed by atoms with Gasteiger partial charge in [0.15, 0.2) is 5.96 Å². The molecule has 0 unspecified atom stereocenters. The normalized spacial score (nSPS) is 16.5. The fourth-order valence-corrected chi connectivity index (χ4v) is 4.01. The van der Waals surface area contributed by atoms with Gasteiger partial charge in [-0.05, 0) is 31.4 Å². The highest BCUT2D eigenvalue weighted by molar-refractivity contribution is 5.83. The fraction of sp³-hybridized carbons (Fsp3) is 0.435. The van der Waals surface area contributed by atoms with Crippen LogP contribution in [-0.4, -0.2) is 34.3 Å². The Balaban J connectivity index is 1.30. The van der Waals surface area contributed by atoms with Crippen molar-refractivity contribution in [3.63, 3.8) is 0 Å². The van der Waals surface area contributed by atoms with Crippen LogP contribution in [0.1, 0.15) is 50.5 Å². The van der Waals surface area contributed by atoms with E-state index in [1.54, 1.807) is 6.20 Å². The Morgan fingerprint density at radius 2 is 2.00 bits per heavy atom. The summed E-state index contributed by atoms with van der Waals surface area (Å²) >= 11 is 0. The fourth-order valence-electron chi connectivity index (χ4n) is 4.01. The number of guanidine groups is 1. The van der Waals surface area contributed by atoms with E-state index in [4.69, 9.17) is 10.5 Å². The predicted octanol–water partition coefficient (Wildman–Crippen LogP) is 3.86. The molecule has 1 aromatic carbocycles. The number of rotatable bonds is 7. The number of pyridine rings is 1. The predicted molar refractivity (Wildman–Crippen MR) is 117 cm³/mol. The number of nitrogens with zero attached hydrogens (tertiary/aromatic N) is 3. The molecule has 1 saturated carbocycles. The molecule has 4 rings (SSSR count). The molecule has 0 spiro atoms. The number of hydrogen-bond acceptors (Lipinski definition) is 6. The SMILES string of the molecule is NC1=Nc2cnc(Oc3ccccc3)cc2CN1CCCC(=O)NC1CCCCC1. The maximum atomic E-state index is 12.2. The third kappa shape index (κ3) is 5.28. The maximum Gasteiger partial charge on any atom is 0.220 e. The molecule has 0 radical (unpaired) electrons. The molecule has 3 N–H and O–H groups in total. The van der Waals surface area contributed by atoms with E-state index in [0.717, 1.165) is 36.3 Å². The summed E-state index contributed by atoms with van der Waals surface area (Å²) in [5.41, 5.74) is 7.91. The van der Waals surface area contributed by atoms with E-state index < -0.39 is 0 Å². The van der Waals surface area contributed by atoms with Crippen molar-refractivity contribution in [2.75, 3.05) is 6.54 Å². The average molecular weight is 408 g/mol. The third-order valence-corrected chi connectivity index (χ3v) is 5.63. The van der Waals surface area contributed by atoms with Gasteiger partial charge >= 0.3 is 0 Å². The Hall–Kier alpha value is -3.09. The summed E-state index contributed by atoms with van der Waals surface area (Å²) in [6.45, 7) is 1.31. The van der Waals surface area contributed by atoms with Crippen LogP contribution in [0.4, 0.5) is 5.69 Å². The second-order valence-electron chi connectivity index (χ2n) is 7.96. The van der Waals surface area contributed by atoms with Crippen LogP contribution in [0.5, 0.6) is 11.6 Å². The number of nitrogens with two attached hydrogens (primary N) is 1. The summed E-state index contributed by atoms with van der Waals surface area (Å²) in [5, 5.41) is 3.17. The maximum absolute atomic E-state index is 12.2. The Kier molecular flexibility index (Phi) is 6.47. The standard InChI is InChI=1S/C23H29N5O2/c24-23-27-20-15-25-22(30-19-10-5-2-6-11-19)14-17(20)16-28(23)13-7-12-21(29)26-18-8-3-1-4-9-18/h2,5-6,10-11,14-15,18H,1,3-4,7-9,12-13,16H2,(H2,24,27)(H,26,29). The van der Waals surface area contributed by atoms with Gasteiger partial charge in [0.1, 0.15) is 5.75 Å². The molecule has 7 nitrogen and oxygen atoms in total. The number of hydrogen-bond donors (Lipinski definition) is 2. The molecular weight excluding hydrogens is 378 g/mol. The Labute approximate surface area is 177 Å². The highest BCUT2D eigenvalue weighted by Crippen LogP contribution is 2.29. The number of aromatic nitrogens is 1. The molecule has 2 aromatic rings. The number of ether oxygens (including phenoxy) is 1. The van der Waals surface area contributed by atoms with Gasteiger partial charge in [0, 0.05) is 37.2 Å². The van der Waals surface area contributed by atoms with Crippen LogP contribution in [0.15, 0.2) is 47.6 Å². The molecule has 0 bridgehead atoms. The lowest BCUT2D eigenvalue weighted by Gasteiger charge is -2.28. The minimum absolute atomic E-state index is 0.137. The summed E-state index contributed by atoms with van der Waals surface area (Å²) in [5.74, 6) is 1.87. The molecule has 30 heavy (non-hydrogen) atoms. The van der Waals surface area contributed by atoms with Crippen molar-refractivity contribution in [2.24, 2.45) is 10.7 Å². The average Bonchev–Trinajstić information content (AvgIpc) is 2.76. The van der Waals surface area contributed by atoms with Crippen LogP contribution < -0.4 is 15.8 Å². The Morgan fingerprint density at radius 3 is 2.80 bits per heavy atom. The minimum atomic E-state index is 0.137. The molecule has 1 aliphatic heterocycles. The molecule has 158 valence electrons. The second kappa shape index (κ2) is 9.61. The number of carbonyl (C=O) groups is 1. The van der Waals surface area contributed by atoms with Crippen molar-refractivity contribution in [1.82, 2.24) is 15.2 Å². The lowest BCUT2D eigenvalue weighted by molar-refractivity contribution is -0.122. The van der Waals surface area contributed by atoms with Crippen LogP contribution in [0.25, 0.3) is 0 Å². The largest absolute Gasteiger partial charge is 0.439 e. The lowest BCUT2D eigenvalue weighted by atomic mass is 9.95. The summed E-state index contributed by atoms with van der Waals surface area (Å²) < 4.78 is 5.83. The lowest BCUT2D eigenvalue weighted by Crippen LogP contribution is -2.40. The minimum Gasteiger partial charge on any atom is -0.439 e. The summed E-state index contributed by atoms with van der Waals surface area (Å²) in [4.78, 5) is 23.0. The molecule has 2 heterocycles.